The van der Waals surface area contributed by atoms with Crippen LogP contribution in [0.15, 0.2) is 54.6 Å². The standard InChI is InChI=1S/C26H23ClFN3O3/c27-19-13-21-25(31-26(29-21)34-23-14-33-22-9-11-32-10-8-18(22)23)30-24(19)17-7-6-16(12-20(17)28)15-4-2-1-3-5-15/h1-7,12-13,18,22-23H,8-11,14H2,(H,29,30,31). The number of H-pyrrole nitrogens is 1. The topological polar surface area (TPSA) is 69.3 Å². The zero-order valence-corrected chi connectivity index (χ0v) is 19.1. The highest BCUT2D eigenvalue weighted by molar-refractivity contribution is 6.33. The first kappa shape index (κ1) is 21.5. The van der Waals surface area contributed by atoms with Crippen LogP contribution in [0, 0.1) is 11.7 Å². The van der Waals surface area contributed by atoms with Crippen LogP contribution in [-0.4, -0.2) is 47.0 Å². The Hall–Kier alpha value is -3.00. The van der Waals surface area contributed by atoms with E-state index >= 15 is 4.39 Å². The first-order chi connectivity index (χ1) is 16.7. The molecule has 4 aromatic rings. The van der Waals surface area contributed by atoms with Crippen molar-refractivity contribution in [2.24, 2.45) is 5.92 Å². The molecule has 8 heteroatoms. The molecule has 0 radical (unpaired) electrons. The quantitative estimate of drug-likeness (QED) is 0.409. The first-order valence-electron chi connectivity index (χ1n) is 11.4. The number of nitrogens with one attached hydrogen (secondary N) is 1. The van der Waals surface area contributed by atoms with Gasteiger partial charge in [0.1, 0.15) is 11.9 Å². The van der Waals surface area contributed by atoms with Crippen molar-refractivity contribution in [3.63, 3.8) is 0 Å². The molecule has 2 aliphatic rings. The summed E-state index contributed by atoms with van der Waals surface area (Å²) in [4.78, 5) is 12.2. The molecular weight excluding hydrogens is 457 g/mol. The molecule has 2 aliphatic heterocycles. The minimum absolute atomic E-state index is 0.106. The SMILES string of the molecule is Fc1cc(-c2ccccc2)ccc1-c1nc2nc(OC3COC4CCOCCC43)[nH]c2cc1Cl. The molecule has 0 saturated carbocycles. The van der Waals surface area contributed by atoms with Crippen molar-refractivity contribution >= 4 is 22.8 Å². The lowest BCUT2D eigenvalue weighted by Crippen LogP contribution is -2.29. The van der Waals surface area contributed by atoms with E-state index in [1.54, 1.807) is 12.1 Å². The van der Waals surface area contributed by atoms with Gasteiger partial charge in [-0.1, -0.05) is 48.0 Å². The summed E-state index contributed by atoms with van der Waals surface area (Å²) >= 11 is 6.50. The van der Waals surface area contributed by atoms with Gasteiger partial charge in [0, 0.05) is 24.7 Å². The number of benzene rings is 2. The molecule has 2 saturated heterocycles. The van der Waals surface area contributed by atoms with Gasteiger partial charge in [0.2, 0.25) is 0 Å². The van der Waals surface area contributed by atoms with Gasteiger partial charge >= 0.3 is 0 Å². The van der Waals surface area contributed by atoms with Gasteiger partial charge < -0.3 is 19.2 Å². The molecule has 2 fully saturated rings. The summed E-state index contributed by atoms with van der Waals surface area (Å²) < 4.78 is 32.7. The van der Waals surface area contributed by atoms with E-state index < -0.39 is 5.82 Å². The van der Waals surface area contributed by atoms with Crippen molar-refractivity contribution in [3.8, 4) is 28.4 Å². The Morgan fingerprint density at radius 3 is 2.71 bits per heavy atom. The Balaban J connectivity index is 1.28. The van der Waals surface area contributed by atoms with Crippen LogP contribution < -0.4 is 4.74 Å². The van der Waals surface area contributed by atoms with Crippen LogP contribution in [0.4, 0.5) is 4.39 Å². The summed E-state index contributed by atoms with van der Waals surface area (Å²) in [5.74, 6) is -0.133. The second-order valence-electron chi connectivity index (χ2n) is 8.67. The second-order valence-corrected chi connectivity index (χ2v) is 9.08. The predicted molar refractivity (Wildman–Crippen MR) is 127 cm³/mol. The summed E-state index contributed by atoms with van der Waals surface area (Å²) in [6, 6.07) is 16.8. The van der Waals surface area contributed by atoms with Crippen LogP contribution >= 0.6 is 11.6 Å². The predicted octanol–water partition coefficient (Wildman–Crippen LogP) is 5.66. The third-order valence-electron chi connectivity index (χ3n) is 6.57. The lowest BCUT2D eigenvalue weighted by Gasteiger charge is -2.19. The number of imidazole rings is 1. The number of ether oxygens (including phenoxy) is 3. The number of aromatic amines is 1. The molecule has 0 bridgehead atoms. The van der Waals surface area contributed by atoms with Gasteiger partial charge in [-0.3, -0.25) is 0 Å². The fraction of sp³-hybridized carbons (Fsp3) is 0.308. The van der Waals surface area contributed by atoms with E-state index in [0.29, 0.717) is 53.3 Å². The van der Waals surface area contributed by atoms with Crippen molar-refractivity contribution in [1.82, 2.24) is 15.0 Å². The fourth-order valence-electron chi connectivity index (χ4n) is 4.82. The Kier molecular flexibility index (Phi) is 5.69. The van der Waals surface area contributed by atoms with E-state index in [9.17, 15) is 0 Å². The second kappa shape index (κ2) is 8.98. The van der Waals surface area contributed by atoms with Crippen molar-refractivity contribution in [3.05, 3.63) is 65.4 Å². The lowest BCUT2D eigenvalue weighted by atomic mass is 9.94. The molecule has 34 heavy (non-hydrogen) atoms. The van der Waals surface area contributed by atoms with Gasteiger partial charge in [-0.15, -0.1) is 0 Å². The van der Waals surface area contributed by atoms with E-state index in [4.69, 9.17) is 25.8 Å². The molecule has 6 rings (SSSR count). The highest BCUT2D eigenvalue weighted by atomic mass is 35.5. The minimum atomic E-state index is -0.396. The van der Waals surface area contributed by atoms with Gasteiger partial charge in [-0.2, -0.15) is 4.98 Å². The van der Waals surface area contributed by atoms with Gasteiger partial charge in [0.15, 0.2) is 5.65 Å². The summed E-state index contributed by atoms with van der Waals surface area (Å²) in [6.07, 6.45) is 1.81. The maximum atomic E-state index is 15.1. The molecule has 1 N–H and O–H groups in total. The molecule has 3 atom stereocenters. The van der Waals surface area contributed by atoms with E-state index in [0.717, 1.165) is 24.0 Å². The Bertz CT molecular complexity index is 1330. The van der Waals surface area contributed by atoms with Crippen molar-refractivity contribution in [1.29, 1.82) is 0 Å². The van der Waals surface area contributed by atoms with Crippen LogP contribution in [0.5, 0.6) is 6.01 Å². The Morgan fingerprint density at radius 1 is 1.00 bits per heavy atom. The number of fused-ring (bicyclic) bond motifs is 2. The summed E-state index contributed by atoms with van der Waals surface area (Å²) in [7, 11) is 0. The Morgan fingerprint density at radius 2 is 1.85 bits per heavy atom. The maximum Gasteiger partial charge on any atom is 0.296 e. The zero-order chi connectivity index (χ0) is 23.1. The summed E-state index contributed by atoms with van der Waals surface area (Å²) in [5.41, 5.74) is 3.44. The molecule has 0 spiro atoms. The van der Waals surface area contributed by atoms with Crippen LogP contribution in [-0.2, 0) is 9.47 Å². The Labute approximate surface area is 201 Å². The van der Waals surface area contributed by atoms with Gasteiger partial charge in [0.05, 0.1) is 28.9 Å². The molecule has 2 aromatic heterocycles. The molecular formula is C26H23ClFN3O3. The molecule has 2 aromatic carbocycles. The van der Waals surface area contributed by atoms with E-state index in [1.165, 1.54) is 6.07 Å². The van der Waals surface area contributed by atoms with E-state index in [1.807, 2.05) is 36.4 Å². The van der Waals surface area contributed by atoms with Crippen LogP contribution in [0.1, 0.15) is 12.8 Å². The molecule has 3 unspecified atom stereocenters. The van der Waals surface area contributed by atoms with Crippen LogP contribution in [0.25, 0.3) is 33.5 Å². The van der Waals surface area contributed by atoms with Crippen molar-refractivity contribution in [2.45, 2.75) is 25.0 Å². The maximum absolute atomic E-state index is 15.1. The average molecular weight is 480 g/mol. The number of hydrogen-bond acceptors (Lipinski definition) is 5. The fourth-order valence-corrected chi connectivity index (χ4v) is 5.07. The number of pyridine rings is 1. The van der Waals surface area contributed by atoms with Crippen molar-refractivity contribution in [2.75, 3.05) is 19.8 Å². The van der Waals surface area contributed by atoms with E-state index in [-0.39, 0.29) is 18.1 Å². The van der Waals surface area contributed by atoms with Gasteiger partial charge in [-0.25, -0.2) is 9.37 Å². The average Bonchev–Trinajstić information content (AvgIpc) is 3.33. The largest absolute Gasteiger partial charge is 0.459 e. The molecule has 6 nitrogen and oxygen atoms in total. The molecule has 4 heterocycles. The van der Waals surface area contributed by atoms with E-state index in [2.05, 4.69) is 15.0 Å². The number of hydrogen-bond donors (Lipinski definition) is 1. The monoisotopic (exact) mass is 479 g/mol. The highest BCUT2D eigenvalue weighted by Crippen LogP contribution is 2.35. The van der Waals surface area contributed by atoms with Crippen LogP contribution in [0.2, 0.25) is 5.02 Å². The third kappa shape index (κ3) is 4.04. The normalized spacial score (nSPS) is 22.5. The van der Waals surface area contributed by atoms with Gasteiger partial charge in [0.25, 0.3) is 6.01 Å². The molecule has 0 amide bonds. The number of halogens is 2. The first-order valence-corrected chi connectivity index (χ1v) is 11.8. The third-order valence-corrected chi connectivity index (χ3v) is 6.86. The lowest BCUT2D eigenvalue weighted by molar-refractivity contribution is 0.0655. The van der Waals surface area contributed by atoms with Gasteiger partial charge in [-0.05, 0) is 42.2 Å². The highest BCUT2D eigenvalue weighted by Gasteiger charge is 2.40. The molecule has 174 valence electrons. The molecule has 0 aliphatic carbocycles. The number of rotatable bonds is 4. The number of nitrogens with zero attached hydrogens (tertiary/aromatic N) is 2. The summed E-state index contributed by atoms with van der Waals surface area (Å²) in [5, 5.41) is 0.333. The smallest absolute Gasteiger partial charge is 0.296 e. The number of aromatic nitrogens is 3. The van der Waals surface area contributed by atoms with Crippen LogP contribution in [0.3, 0.4) is 0 Å². The van der Waals surface area contributed by atoms with Crippen molar-refractivity contribution < 1.29 is 18.6 Å². The zero-order valence-electron chi connectivity index (χ0n) is 18.3. The summed E-state index contributed by atoms with van der Waals surface area (Å²) in [6.45, 7) is 1.94. The minimum Gasteiger partial charge on any atom is -0.459 e.